The molecule has 0 atom stereocenters. The van der Waals surface area contributed by atoms with Gasteiger partial charge in [-0.1, -0.05) is 42.5 Å². The smallest absolute Gasteiger partial charge is 0.212 e. The van der Waals surface area contributed by atoms with Gasteiger partial charge in [-0.25, -0.2) is 87.8 Å². The summed E-state index contributed by atoms with van der Waals surface area (Å²) in [6, 6.07) is 13.4. The molecule has 0 saturated carbocycles. The van der Waals surface area contributed by atoms with Crippen molar-refractivity contribution in [2.75, 3.05) is 18.3 Å². The van der Waals surface area contributed by atoms with Gasteiger partial charge in [0.05, 0.1) is 9.93 Å². The number of hydrogen-bond donors (Lipinski definition) is 0. The van der Waals surface area contributed by atoms with Gasteiger partial charge in [0.15, 0.2) is 75.6 Å². The predicted molar refractivity (Wildman–Crippen MR) is 182 cm³/mol. The molecule has 0 radical (unpaired) electrons. The van der Waals surface area contributed by atoms with E-state index in [2.05, 4.69) is 0 Å². The average molecular weight is 926 g/mol. The second-order valence-electron chi connectivity index (χ2n) is 13.3. The third-order valence-corrected chi connectivity index (χ3v) is 10.2. The van der Waals surface area contributed by atoms with Gasteiger partial charge >= 0.3 is 0 Å². The molecule has 0 unspecified atom stereocenters. The molecule has 0 heterocycles. The first-order valence-electron chi connectivity index (χ1n) is 16.3. The minimum Gasteiger partial charge on any atom is -0.289 e. The van der Waals surface area contributed by atoms with Crippen molar-refractivity contribution in [3.05, 3.63) is 164 Å². The summed E-state index contributed by atoms with van der Waals surface area (Å²) in [6.07, 6.45) is -3.97. The normalized spacial score (nSPS) is 11.9. The monoisotopic (exact) mass is 926 g/mol. The summed E-state index contributed by atoms with van der Waals surface area (Å²) >= 11 is 0. The number of carbonyl (C=O) groups is 1. The molecule has 0 aliphatic carbocycles. The van der Waals surface area contributed by atoms with Crippen LogP contribution in [0.1, 0.15) is 10.4 Å². The highest BCUT2D eigenvalue weighted by Crippen LogP contribution is 2.31. The Kier molecular flexibility index (Phi) is 12.7. The number of benzene rings is 6. The summed E-state index contributed by atoms with van der Waals surface area (Å²) in [7, 11) is -2.04. The fourth-order valence-corrected chi connectivity index (χ4v) is 7.52. The molecule has 6 rings (SSSR count). The van der Waals surface area contributed by atoms with Gasteiger partial charge in [-0.15, -0.1) is 26.1 Å². The summed E-state index contributed by atoms with van der Waals surface area (Å²) in [4.78, 5) is 12.1. The number of Topliss-reactive ketones (excluding diaryl/α,β-unsaturated/α-hetero) is 1. The van der Waals surface area contributed by atoms with E-state index >= 15 is 35.1 Å². The van der Waals surface area contributed by atoms with Crippen LogP contribution in [-0.4, -0.2) is 30.2 Å². The first kappa shape index (κ1) is 47.1. The van der Waals surface area contributed by atoms with Crippen molar-refractivity contribution in [2.45, 2.75) is 0 Å². The summed E-state index contributed by atoms with van der Waals surface area (Å²) in [6.45, 7) is 0. The molecule has 0 saturated heterocycles. The van der Waals surface area contributed by atoms with E-state index in [1.54, 1.807) is 18.6 Å². The minimum absolute atomic E-state index is 0.0446. The zero-order valence-corrected chi connectivity index (χ0v) is 30.9. The lowest BCUT2D eigenvalue weighted by Crippen LogP contribution is -2.81. The zero-order chi connectivity index (χ0) is 46.8. The Morgan fingerprint density at radius 2 is 0.629 bits per heavy atom. The summed E-state index contributed by atoms with van der Waals surface area (Å²) in [5.41, 5.74) is -13.7. The fourth-order valence-electron chi connectivity index (χ4n) is 6.74. The van der Waals surface area contributed by atoms with E-state index in [1.165, 1.54) is 0 Å². The number of hydrogen-bond acceptors (Lipinski definition) is 2. The van der Waals surface area contributed by atoms with Crippen LogP contribution in [0.5, 0.6) is 0 Å². The lowest BCUT2D eigenvalue weighted by Gasteiger charge is -2.44. The van der Waals surface area contributed by atoms with Crippen molar-refractivity contribution in [1.29, 1.82) is 0 Å². The molecular formula is C38H15BF20O2S. The number of fused-ring (bicyclic) bond motifs is 1. The predicted octanol–water partition coefficient (Wildman–Crippen LogP) is 8.63. The Morgan fingerprint density at radius 1 is 0.387 bits per heavy atom. The van der Waals surface area contributed by atoms with Crippen LogP contribution in [0.2, 0.25) is 0 Å². The van der Waals surface area contributed by atoms with E-state index in [4.69, 9.17) is 0 Å². The van der Waals surface area contributed by atoms with Crippen molar-refractivity contribution >= 4 is 54.5 Å². The van der Waals surface area contributed by atoms with Gasteiger partial charge in [0.25, 0.3) is 0 Å². The first-order chi connectivity index (χ1) is 28.7. The van der Waals surface area contributed by atoms with Crippen LogP contribution in [0.4, 0.5) is 87.8 Å². The maximum Gasteiger partial charge on any atom is 0.212 e. The standard InChI is InChI=1S/C24BF20.C14H15O2S/c26-5-1(6(27)14(35)21(42)13(5)34)25(2-7(28)15(36)22(43)16(37)8(2)29,3-9(30)17(38)23(44)18(39)10(3)31)4-11(32)19(40)24(45)20(41)12(4)33;1-17(2,16)10-14(15)13-9-5-7-11-6-3-4-8-12(11)13/h;3-9H,10H2,1-2H3/q-1;+1. The highest BCUT2D eigenvalue weighted by atomic mass is 32.2. The van der Waals surface area contributed by atoms with Crippen LogP contribution in [-0.2, 0) is 14.1 Å². The van der Waals surface area contributed by atoms with Gasteiger partial charge in [-0.3, -0.25) is 4.79 Å². The molecule has 0 amide bonds. The number of ketones is 1. The van der Waals surface area contributed by atoms with E-state index in [0.717, 1.165) is 10.8 Å². The third kappa shape index (κ3) is 7.34. The van der Waals surface area contributed by atoms with Gasteiger partial charge in [0, 0.05) is 5.56 Å². The molecule has 0 N–H and O–H groups in total. The van der Waals surface area contributed by atoms with E-state index in [0.29, 0.717) is 5.56 Å². The average Bonchev–Trinajstić information content (AvgIpc) is 3.22. The molecule has 0 aromatic heterocycles. The molecule has 24 heteroatoms. The first-order valence-corrected chi connectivity index (χ1v) is 18.9. The molecule has 328 valence electrons. The second kappa shape index (κ2) is 16.7. The summed E-state index contributed by atoms with van der Waals surface area (Å²) in [5, 5.41) is 1.97. The van der Waals surface area contributed by atoms with Gasteiger partial charge in [0.1, 0.15) is 65.2 Å². The highest BCUT2D eigenvalue weighted by Gasteiger charge is 2.52. The largest absolute Gasteiger partial charge is 0.289 e. The Hall–Kier alpha value is -5.94. The molecule has 62 heavy (non-hydrogen) atoms. The lowest BCUT2D eigenvalue weighted by atomic mass is 9.12. The minimum atomic E-state index is -7.22. The van der Waals surface area contributed by atoms with E-state index < -0.39 is 154 Å². The van der Waals surface area contributed by atoms with Crippen molar-refractivity contribution in [3.8, 4) is 0 Å². The quantitative estimate of drug-likeness (QED) is 0.0402. The number of carbonyl (C=O) groups excluding carboxylic acids is 1. The Labute approximate surface area is 333 Å². The Balaban J connectivity index is 0.000000355. The van der Waals surface area contributed by atoms with Gasteiger partial charge in [0.2, 0.25) is 5.78 Å². The highest BCUT2D eigenvalue weighted by molar-refractivity contribution is 8.02. The van der Waals surface area contributed by atoms with Gasteiger partial charge in [-0.05, 0) is 10.8 Å². The van der Waals surface area contributed by atoms with E-state index in [-0.39, 0.29) is 11.5 Å². The summed E-state index contributed by atoms with van der Waals surface area (Å²) in [5.74, 6) is -71.3. The molecule has 6 aromatic rings. The maximum atomic E-state index is 15.4. The van der Waals surface area contributed by atoms with Crippen LogP contribution in [0, 0.1) is 116 Å². The molecule has 6 aromatic carbocycles. The molecule has 0 aliphatic heterocycles. The van der Waals surface area contributed by atoms with Crippen molar-refractivity contribution < 1.29 is 96.8 Å². The number of halogens is 20. The molecule has 0 bridgehead atoms. The van der Waals surface area contributed by atoms with Crippen molar-refractivity contribution in [2.24, 2.45) is 0 Å². The summed E-state index contributed by atoms with van der Waals surface area (Å²) < 4.78 is 306. The maximum absolute atomic E-state index is 15.4. The van der Waals surface area contributed by atoms with Crippen LogP contribution >= 0.6 is 0 Å². The van der Waals surface area contributed by atoms with Crippen LogP contribution in [0.3, 0.4) is 0 Å². The topological polar surface area (TPSA) is 34.1 Å². The van der Waals surface area contributed by atoms with Gasteiger partial charge in [-0.2, -0.15) is 0 Å². The van der Waals surface area contributed by atoms with Gasteiger partial charge < -0.3 is 0 Å². The van der Waals surface area contributed by atoms with Crippen LogP contribution in [0.15, 0.2) is 42.5 Å². The van der Waals surface area contributed by atoms with Crippen molar-refractivity contribution in [1.82, 2.24) is 0 Å². The fraction of sp³-hybridized carbons (Fsp3) is 0.0789. The Morgan fingerprint density at radius 3 is 0.903 bits per heavy atom. The number of rotatable bonds is 7. The Bertz CT molecular complexity index is 2530. The molecule has 2 nitrogen and oxygen atoms in total. The SMILES string of the molecule is C[S+](C)(=O)CC(=O)c1cccc2ccccc12.Fc1c(F)c(F)c([B-](c2c(F)c(F)c(F)c(F)c2F)(c2c(F)c(F)c(F)c(F)c2F)c2c(F)c(F)c(F)c(F)c2F)c(F)c1F. The van der Waals surface area contributed by atoms with Crippen molar-refractivity contribution in [3.63, 3.8) is 0 Å². The third-order valence-electron chi connectivity index (χ3n) is 9.28. The van der Waals surface area contributed by atoms with Crippen LogP contribution < -0.4 is 21.9 Å². The zero-order valence-electron chi connectivity index (χ0n) is 30.1. The molecule has 0 spiro atoms. The van der Waals surface area contributed by atoms with Crippen LogP contribution in [0.25, 0.3) is 10.8 Å². The lowest BCUT2D eigenvalue weighted by molar-refractivity contribution is 0.102. The second-order valence-corrected chi connectivity index (χ2v) is 16.5. The molecule has 0 aliphatic rings. The van der Waals surface area contributed by atoms with E-state index in [1.807, 2.05) is 36.4 Å². The van der Waals surface area contributed by atoms with E-state index in [9.17, 15) is 61.7 Å². The molecule has 0 fully saturated rings. The molecular weight excluding hydrogens is 911 g/mol.